The van der Waals surface area contributed by atoms with Crippen LogP contribution < -0.4 is 10.6 Å². The molecule has 1 aliphatic heterocycles. The lowest BCUT2D eigenvalue weighted by atomic mass is 9.95. The number of carbonyl (C=O) groups excluding carboxylic acids is 2. The van der Waals surface area contributed by atoms with Crippen molar-refractivity contribution in [2.24, 2.45) is 11.7 Å². The molecule has 0 spiro atoms. The fourth-order valence-electron chi connectivity index (χ4n) is 3.89. The van der Waals surface area contributed by atoms with E-state index in [1.54, 1.807) is 18.0 Å². The molecule has 1 saturated heterocycles. The van der Waals surface area contributed by atoms with E-state index in [9.17, 15) is 9.59 Å². The molecule has 5 nitrogen and oxygen atoms in total. The molecule has 0 bridgehead atoms. The maximum Gasteiger partial charge on any atom is 0.256 e. The standard InChI is InChI=1S/C22H25N3O2/c1-24(21(26)16-11-12-16)20-10-6-5-9-17(20)22(27)25-13-18(19(23)14-25)15-7-3-2-4-8-15/h2-10,16,18-19H,11-14,23H2,1H3/t18-,19+/m0/s1. The van der Waals surface area contributed by atoms with Crippen LogP contribution in [0.4, 0.5) is 5.69 Å². The molecule has 4 rings (SSSR count). The normalized spacial score (nSPS) is 21.9. The molecular weight excluding hydrogens is 338 g/mol. The van der Waals surface area contributed by atoms with Gasteiger partial charge in [-0.05, 0) is 30.5 Å². The number of nitrogens with zero attached hydrogens (tertiary/aromatic N) is 2. The summed E-state index contributed by atoms with van der Waals surface area (Å²) in [4.78, 5) is 29.2. The van der Waals surface area contributed by atoms with E-state index < -0.39 is 0 Å². The fourth-order valence-corrected chi connectivity index (χ4v) is 3.89. The van der Waals surface area contributed by atoms with Crippen LogP contribution >= 0.6 is 0 Å². The topological polar surface area (TPSA) is 66.6 Å². The summed E-state index contributed by atoms with van der Waals surface area (Å²) in [5, 5.41) is 0. The van der Waals surface area contributed by atoms with E-state index in [-0.39, 0.29) is 29.7 Å². The Morgan fingerprint density at radius 2 is 1.67 bits per heavy atom. The van der Waals surface area contributed by atoms with Gasteiger partial charge >= 0.3 is 0 Å². The molecule has 2 aromatic rings. The second-order valence-corrected chi connectivity index (χ2v) is 7.58. The Morgan fingerprint density at radius 1 is 1.00 bits per heavy atom. The van der Waals surface area contributed by atoms with E-state index in [4.69, 9.17) is 5.73 Å². The predicted molar refractivity (Wildman–Crippen MR) is 106 cm³/mol. The lowest BCUT2D eigenvalue weighted by Gasteiger charge is -2.23. The molecule has 0 aromatic heterocycles. The first-order chi connectivity index (χ1) is 13.1. The summed E-state index contributed by atoms with van der Waals surface area (Å²) < 4.78 is 0. The van der Waals surface area contributed by atoms with Crippen molar-refractivity contribution in [3.8, 4) is 0 Å². The van der Waals surface area contributed by atoms with Gasteiger partial charge in [0.25, 0.3) is 5.91 Å². The van der Waals surface area contributed by atoms with E-state index in [2.05, 4.69) is 12.1 Å². The quantitative estimate of drug-likeness (QED) is 0.908. The second-order valence-electron chi connectivity index (χ2n) is 7.58. The van der Waals surface area contributed by atoms with Crippen LogP contribution in [-0.2, 0) is 4.79 Å². The Bertz CT molecular complexity index is 848. The zero-order valence-electron chi connectivity index (χ0n) is 15.5. The molecule has 2 fully saturated rings. The molecule has 1 aliphatic carbocycles. The van der Waals surface area contributed by atoms with E-state index in [0.29, 0.717) is 24.3 Å². The number of carbonyl (C=O) groups is 2. The molecular formula is C22H25N3O2. The highest BCUT2D eigenvalue weighted by Gasteiger charge is 2.37. The summed E-state index contributed by atoms with van der Waals surface area (Å²) in [7, 11) is 1.76. The molecule has 1 saturated carbocycles. The summed E-state index contributed by atoms with van der Waals surface area (Å²) in [5.41, 5.74) is 8.76. The highest BCUT2D eigenvalue weighted by molar-refractivity contribution is 6.05. The zero-order valence-corrected chi connectivity index (χ0v) is 15.5. The molecule has 2 aromatic carbocycles. The number of rotatable bonds is 4. The van der Waals surface area contributed by atoms with Crippen LogP contribution in [0.5, 0.6) is 0 Å². The van der Waals surface area contributed by atoms with E-state index in [1.165, 1.54) is 0 Å². The number of anilines is 1. The number of hydrogen-bond acceptors (Lipinski definition) is 3. The van der Waals surface area contributed by atoms with Crippen LogP contribution in [0.1, 0.15) is 34.7 Å². The third kappa shape index (κ3) is 3.47. The Kier molecular flexibility index (Phi) is 4.70. The lowest BCUT2D eigenvalue weighted by Crippen LogP contribution is -2.34. The zero-order chi connectivity index (χ0) is 19.0. The van der Waals surface area contributed by atoms with Gasteiger partial charge in [0, 0.05) is 38.0 Å². The van der Waals surface area contributed by atoms with Gasteiger partial charge in [0.05, 0.1) is 11.3 Å². The predicted octanol–water partition coefficient (Wildman–Crippen LogP) is 2.63. The molecule has 2 atom stereocenters. The smallest absolute Gasteiger partial charge is 0.256 e. The molecule has 2 N–H and O–H groups in total. The molecule has 2 amide bonds. The highest BCUT2D eigenvalue weighted by atomic mass is 16.2. The minimum Gasteiger partial charge on any atom is -0.336 e. The first kappa shape index (κ1) is 17.7. The molecule has 0 unspecified atom stereocenters. The molecule has 1 heterocycles. The Balaban J connectivity index is 1.56. The summed E-state index contributed by atoms with van der Waals surface area (Å²) in [6.45, 7) is 1.12. The molecule has 140 valence electrons. The van der Waals surface area contributed by atoms with Crippen LogP contribution in [0.3, 0.4) is 0 Å². The average molecular weight is 363 g/mol. The van der Waals surface area contributed by atoms with Crippen molar-refractivity contribution in [1.82, 2.24) is 4.90 Å². The third-order valence-electron chi connectivity index (χ3n) is 5.63. The lowest BCUT2D eigenvalue weighted by molar-refractivity contribution is -0.119. The number of benzene rings is 2. The van der Waals surface area contributed by atoms with E-state index in [0.717, 1.165) is 18.4 Å². The van der Waals surface area contributed by atoms with Crippen molar-refractivity contribution in [1.29, 1.82) is 0 Å². The first-order valence-corrected chi connectivity index (χ1v) is 9.52. The molecule has 2 aliphatic rings. The van der Waals surface area contributed by atoms with E-state index in [1.807, 2.05) is 41.3 Å². The van der Waals surface area contributed by atoms with Crippen molar-refractivity contribution in [2.45, 2.75) is 24.8 Å². The van der Waals surface area contributed by atoms with Gasteiger partial charge in [0.1, 0.15) is 0 Å². The van der Waals surface area contributed by atoms with Crippen molar-refractivity contribution < 1.29 is 9.59 Å². The van der Waals surface area contributed by atoms with Crippen LogP contribution in [0, 0.1) is 5.92 Å². The van der Waals surface area contributed by atoms with Crippen molar-refractivity contribution in [2.75, 3.05) is 25.0 Å². The van der Waals surface area contributed by atoms with Gasteiger partial charge in [0.2, 0.25) is 5.91 Å². The molecule has 27 heavy (non-hydrogen) atoms. The highest BCUT2D eigenvalue weighted by Crippen LogP contribution is 2.34. The number of nitrogens with two attached hydrogens (primary N) is 1. The van der Waals surface area contributed by atoms with Gasteiger partial charge in [-0.2, -0.15) is 0 Å². The van der Waals surface area contributed by atoms with Crippen molar-refractivity contribution >= 4 is 17.5 Å². The largest absolute Gasteiger partial charge is 0.336 e. The van der Waals surface area contributed by atoms with Gasteiger partial charge in [0.15, 0.2) is 0 Å². The Hall–Kier alpha value is -2.66. The number of amides is 2. The number of likely N-dealkylation sites (tertiary alicyclic amines) is 1. The monoisotopic (exact) mass is 363 g/mol. The fraction of sp³-hybridized carbons (Fsp3) is 0.364. The van der Waals surface area contributed by atoms with Crippen LogP contribution in [0.15, 0.2) is 54.6 Å². The summed E-state index contributed by atoms with van der Waals surface area (Å²) in [5.74, 6) is 0.277. The molecule has 0 radical (unpaired) electrons. The van der Waals surface area contributed by atoms with Crippen LogP contribution in [0.25, 0.3) is 0 Å². The van der Waals surface area contributed by atoms with Gasteiger partial charge in [-0.25, -0.2) is 0 Å². The van der Waals surface area contributed by atoms with Gasteiger partial charge in [-0.3, -0.25) is 9.59 Å². The van der Waals surface area contributed by atoms with Gasteiger partial charge in [-0.1, -0.05) is 42.5 Å². The Labute approximate surface area is 159 Å². The first-order valence-electron chi connectivity index (χ1n) is 9.52. The van der Waals surface area contributed by atoms with E-state index >= 15 is 0 Å². The minimum absolute atomic E-state index is 0.0603. The van der Waals surface area contributed by atoms with Crippen LogP contribution in [0.2, 0.25) is 0 Å². The maximum atomic E-state index is 13.2. The minimum atomic E-state index is -0.0886. The summed E-state index contributed by atoms with van der Waals surface area (Å²) in [6, 6.07) is 17.4. The molecule has 5 heteroatoms. The average Bonchev–Trinajstić information content (AvgIpc) is 3.48. The Morgan fingerprint density at radius 3 is 2.37 bits per heavy atom. The summed E-state index contributed by atoms with van der Waals surface area (Å²) >= 11 is 0. The van der Waals surface area contributed by atoms with Crippen LogP contribution in [-0.4, -0.2) is 42.9 Å². The van der Waals surface area contributed by atoms with Crippen molar-refractivity contribution in [3.63, 3.8) is 0 Å². The van der Waals surface area contributed by atoms with Crippen molar-refractivity contribution in [3.05, 3.63) is 65.7 Å². The van der Waals surface area contributed by atoms with Gasteiger partial charge in [-0.15, -0.1) is 0 Å². The van der Waals surface area contributed by atoms with Gasteiger partial charge < -0.3 is 15.5 Å². The number of hydrogen-bond donors (Lipinski definition) is 1. The third-order valence-corrected chi connectivity index (χ3v) is 5.63. The SMILES string of the molecule is CN(C(=O)C1CC1)c1ccccc1C(=O)N1C[C@@H](N)[C@H](c2ccccc2)C1. The summed E-state index contributed by atoms with van der Waals surface area (Å²) in [6.07, 6.45) is 1.89. The second kappa shape index (κ2) is 7.16. The number of para-hydroxylation sites is 1. The maximum absolute atomic E-state index is 13.2.